The number of benzene rings is 4. The summed E-state index contributed by atoms with van der Waals surface area (Å²) in [5.41, 5.74) is 6.23. The summed E-state index contributed by atoms with van der Waals surface area (Å²) in [6.45, 7) is 7.55. The first kappa shape index (κ1) is 21.8. The molecule has 37 heavy (non-hydrogen) atoms. The van der Waals surface area contributed by atoms with Crippen molar-refractivity contribution >= 4 is 58.0 Å². The van der Waals surface area contributed by atoms with Gasteiger partial charge in [-0.2, -0.15) is 0 Å². The van der Waals surface area contributed by atoms with Gasteiger partial charge >= 0.3 is 0 Å². The lowest BCUT2D eigenvalue weighted by Crippen LogP contribution is -2.19. The third-order valence-electron chi connectivity index (χ3n) is 6.66. The van der Waals surface area contributed by atoms with Crippen LogP contribution in [0.1, 0.15) is 21.5 Å². The van der Waals surface area contributed by atoms with E-state index >= 15 is 0 Å². The lowest BCUT2D eigenvalue weighted by atomic mass is 10.0. The standard InChI is InChI=1S/C31H15N3OS2/c1-33-22(17-32)29-19-8-2-3-9-20(19)31(35)21(29)14-18-15-27-30-28(16-18)37-26-13-7-5-11-24(26)34(30)23-10-4-6-12-25(23)36-27/h2-16H/b21-14-,29-22-. The molecule has 2 aliphatic heterocycles. The Balaban J connectivity index is 1.45. The molecular weight excluding hydrogens is 494 g/mol. The maximum Gasteiger partial charge on any atom is 0.270 e. The number of carbonyl (C=O) groups excluding carboxylic acids is 1. The van der Waals surface area contributed by atoms with Gasteiger partial charge in [-0.25, -0.2) is 10.1 Å². The van der Waals surface area contributed by atoms with Gasteiger partial charge in [0.2, 0.25) is 0 Å². The van der Waals surface area contributed by atoms with Gasteiger partial charge < -0.3 is 4.90 Å². The number of allylic oxidation sites excluding steroid dienone is 3. The monoisotopic (exact) mass is 509 g/mol. The summed E-state index contributed by atoms with van der Waals surface area (Å²) in [5.74, 6) is -0.161. The number of nitrogens with zero attached hydrogens (tertiary/aromatic N) is 3. The van der Waals surface area contributed by atoms with Gasteiger partial charge in [-0.1, -0.05) is 72.1 Å². The Kier molecular flexibility index (Phi) is 4.87. The summed E-state index contributed by atoms with van der Waals surface area (Å²) in [7, 11) is 0. The molecule has 2 heterocycles. The van der Waals surface area contributed by atoms with Gasteiger partial charge in [-0.05, 0) is 53.6 Å². The van der Waals surface area contributed by atoms with Crippen molar-refractivity contribution in [3.05, 3.63) is 124 Å². The third-order valence-corrected chi connectivity index (χ3v) is 8.85. The summed E-state index contributed by atoms with van der Waals surface area (Å²) < 4.78 is 0. The first-order chi connectivity index (χ1) is 18.2. The van der Waals surface area contributed by atoms with E-state index in [0.29, 0.717) is 22.3 Å². The van der Waals surface area contributed by atoms with Crippen LogP contribution in [0, 0.1) is 17.9 Å². The van der Waals surface area contributed by atoms with Gasteiger partial charge in [-0.15, -0.1) is 0 Å². The minimum Gasteiger partial charge on any atom is -0.306 e. The van der Waals surface area contributed by atoms with Gasteiger partial charge in [0.15, 0.2) is 5.78 Å². The van der Waals surface area contributed by atoms with Gasteiger partial charge in [0.05, 0.1) is 29.7 Å². The minimum absolute atomic E-state index is 0.0679. The van der Waals surface area contributed by atoms with Crippen LogP contribution in [0.15, 0.2) is 116 Å². The fourth-order valence-corrected chi connectivity index (χ4v) is 7.47. The number of hydrogen-bond donors (Lipinski definition) is 0. The second kappa shape index (κ2) is 8.28. The molecular formula is C31H15N3OS2. The van der Waals surface area contributed by atoms with Crippen molar-refractivity contribution in [2.45, 2.75) is 19.6 Å². The molecule has 0 amide bonds. The quantitative estimate of drug-likeness (QED) is 0.126. The summed E-state index contributed by atoms with van der Waals surface area (Å²) in [5, 5.41) is 9.67. The normalized spacial score (nSPS) is 16.8. The Morgan fingerprint density at radius 3 is 2.00 bits per heavy atom. The number of ketones is 1. The predicted octanol–water partition coefficient (Wildman–Crippen LogP) is 8.52. The molecule has 4 nitrogen and oxygen atoms in total. The SMILES string of the molecule is [C-]#[N+]/C(C#N)=C1\C(=C\c2cc3c4c(c2)Sc2ccccc2N4c2ccccc2S3)C(=O)c2ccccc21. The number of carbonyl (C=O) groups is 1. The van der Waals surface area contributed by atoms with Gasteiger partial charge in [-0.3, -0.25) is 4.79 Å². The highest BCUT2D eigenvalue weighted by atomic mass is 32.2. The van der Waals surface area contributed by atoms with Crippen molar-refractivity contribution in [3.63, 3.8) is 0 Å². The summed E-state index contributed by atoms with van der Waals surface area (Å²) >= 11 is 3.44. The Labute approximate surface area is 222 Å². The van der Waals surface area contributed by atoms with Crippen molar-refractivity contribution in [1.82, 2.24) is 0 Å². The highest BCUT2D eigenvalue weighted by Gasteiger charge is 2.34. The van der Waals surface area contributed by atoms with Crippen LogP contribution in [0.4, 0.5) is 17.1 Å². The topological polar surface area (TPSA) is 48.5 Å². The predicted molar refractivity (Wildman–Crippen MR) is 147 cm³/mol. The van der Waals surface area contributed by atoms with E-state index in [-0.39, 0.29) is 11.5 Å². The molecule has 4 aromatic carbocycles. The number of rotatable bonds is 1. The van der Waals surface area contributed by atoms with E-state index in [1.54, 1.807) is 41.7 Å². The first-order valence-corrected chi connectivity index (χ1v) is 13.2. The fraction of sp³-hybridized carbons (Fsp3) is 0. The molecule has 0 unspecified atom stereocenters. The molecule has 6 heteroatoms. The van der Waals surface area contributed by atoms with Crippen molar-refractivity contribution in [3.8, 4) is 6.07 Å². The number of nitriles is 1. The van der Waals surface area contributed by atoms with E-state index in [1.807, 2.05) is 30.3 Å². The van der Waals surface area contributed by atoms with Crippen LogP contribution >= 0.6 is 23.5 Å². The second-order valence-electron chi connectivity index (χ2n) is 8.72. The Hall–Kier alpha value is -4.49. The molecule has 0 radical (unpaired) electrons. The van der Waals surface area contributed by atoms with Crippen LogP contribution in [-0.2, 0) is 0 Å². The van der Waals surface area contributed by atoms with Crippen LogP contribution in [0.25, 0.3) is 16.5 Å². The third kappa shape index (κ3) is 3.21. The average Bonchev–Trinajstić information content (AvgIpc) is 3.20. The molecule has 0 saturated carbocycles. The molecule has 0 N–H and O–H groups in total. The van der Waals surface area contributed by atoms with Crippen LogP contribution in [-0.4, -0.2) is 5.78 Å². The van der Waals surface area contributed by atoms with E-state index < -0.39 is 0 Å². The minimum atomic E-state index is -0.161. The van der Waals surface area contributed by atoms with Crippen LogP contribution in [0.5, 0.6) is 0 Å². The van der Waals surface area contributed by atoms with E-state index in [4.69, 9.17) is 6.57 Å². The molecule has 0 bridgehead atoms. The van der Waals surface area contributed by atoms with E-state index in [0.717, 1.165) is 42.2 Å². The average molecular weight is 510 g/mol. The molecule has 0 aromatic heterocycles. The van der Waals surface area contributed by atoms with Crippen LogP contribution in [0.3, 0.4) is 0 Å². The number of anilines is 3. The highest BCUT2D eigenvalue weighted by molar-refractivity contribution is 8.00. The van der Waals surface area contributed by atoms with E-state index in [1.165, 1.54) is 0 Å². The molecule has 172 valence electrons. The molecule has 0 atom stereocenters. The van der Waals surface area contributed by atoms with Crippen molar-refractivity contribution in [1.29, 1.82) is 5.26 Å². The molecule has 0 fully saturated rings. The zero-order chi connectivity index (χ0) is 25.1. The van der Waals surface area contributed by atoms with Crippen LogP contribution in [0.2, 0.25) is 0 Å². The molecule has 1 aliphatic carbocycles. The lowest BCUT2D eigenvalue weighted by molar-refractivity contribution is 0.104. The summed E-state index contributed by atoms with van der Waals surface area (Å²) in [6.07, 6.45) is 1.84. The van der Waals surface area contributed by atoms with E-state index in [2.05, 4.69) is 58.3 Å². The molecule has 4 aromatic rings. The molecule has 3 aliphatic rings. The Morgan fingerprint density at radius 2 is 1.41 bits per heavy atom. The van der Waals surface area contributed by atoms with Crippen molar-refractivity contribution in [2.75, 3.05) is 4.90 Å². The number of Topliss-reactive ketones (excluding diaryl/α,β-unsaturated/α-hetero) is 1. The zero-order valence-electron chi connectivity index (χ0n) is 19.2. The van der Waals surface area contributed by atoms with E-state index in [9.17, 15) is 10.1 Å². The lowest BCUT2D eigenvalue weighted by Gasteiger charge is -2.38. The maximum atomic E-state index is 13.4. The van der Waals surface area contributed by atoms with Gasteiger partial charge in [0.25, 0.3) is 5.70 Å². The maximum absolute atomic E-state index is 13.4. The van der Waals surface area contributed by atoms with Crippen molar-refractivity contribution < 1.29 is 4.79 Å². The summed E-state index contributed by atoms with van der Waals surface area (Å²) in [6, 6.07) is 30.2. The largest absolute Gasteiger partial charge is 0.306 e. The number of para-hydroxylation sites is 2. The van der Waals surface area contributed by atoms with Crippen LogP contribution < -0.4 is 4.90 Å². The first-order valence-electron chi connectivity index (χ1n) is 11.6. The van der Waals surface area contributed by atoms with Crippen molar-refractivity contribution in [2.24, 2.45) is 0 Å². The number of fused-ring (bicyclic) bond motifs is 5. The van der Waals surface area contributed by atoms with Gasteiger partial charge in [0.1, 0.15) is 0 Å². The number of hydrogen-bond acceptors (Lipinski definition) is 5. The smallest absolute Gasteiger partial charge is 0.270 e. The summed E-state index contributed by atoms with van der Waals surface area (Å²) in [4.78, 5) is 23.8. The molecule has 7 rings (SSSR count). The fourth-order valence-electron chi connectivity index (χ4n) is 5.13. The van der Waals surface area contributed by atoms with Gasteiger partial charge in [0, 0.05) is 36.3 Å². The Bertz CT molecular complexity index is 1750. The zero-order valence-corrected chi connectivity index (χ0v) is 20.9. The highest BCUT2D eigenvalue weighted by Crippen LogP contribution is 2.60. The Morgan fingerprint density at radius 1 is 0.838 bits per heavy atom. The molecule has 0 saturated heterocycles. The second-order valence-corrected chi connectivity index (χ2v) is 10.9. The molecule has 0 spiro atoms.